The maximum absolute atomic E-state index is 12.7. The van der Waals surface area contributed by atoms with Crippen LogP contribution in [0.2, 0.25) is 0 Å². The molecule has 58 heavy (non-hydrogen) atoms. The number of ether oxygens (including phenoxy) is 4. The molecule has 5 heterocycles. The van der Waals surface area contributed by atoms with Crippen LogP contribution in [0.25, 0.3) is 0 Å². The number of piperidine rings is 3. The quantitative estimate of drug-likeness (QED) is 0.139. The van der Waals surface area contributed by atoms with Crippen molar-refractivity contribution in [3.05, 3.63) is 0 Å². The minimum atomic E-state index is -3.51. The molecule has 0 aromatic rings. The zero-order valence-corrected chi connectivity index (χ0v) is 37.6. The third-order valence-electron chi connectivity index (χ3n) is 12.2. The van der Waals surface area contributed by atoms with Crippen molar-refractivity contribution in [1.29, 1.82) is 0 Å². The highest BCUT2D eigenvalue weighted by atomic mass is 32.2. The Morgan fingerprint density at radius 1 is 0.707 bits per heavy atom. The topological polar surface area (TPSA) is 165 Å². The first-order chi connectivity index (χ1) is 27.1. The Kier molecular flexibility index (Phi) is 17.1. The molecular weight excluding hydrogens is 771 g/mol. The zero-order chi connectivity index (χ0) is 42.9. The maximum atomic E-state index is 12.7. The van der Waals surface area contributed by atoms with Gasteiger partial charge in [-0.2, -0.15) is 8.42 Å². The van der Waals surface area contributed by atoms with E-state index in [0.717, 1.165) is 64.7 Å². The van der Waals surface area contributed by atoms with E-state index < -0.39 is 21.6 Å². The molecule has 5 rings (SSSR count). The van der Waals surface area contributed by atoms with Crippen LogP contribution >= 0.6 is 0 Å². The summed E-state index contributed by atoms with van der Waals surface area (Å²) in [6.45, 7) is 26.0. The second-order valence-corrected chi connectivity index (χ2v) is 20.4. The van der Waals surface area contributed by atoms with E-state index in [1.54, 1.807) is 18.7 Å². The highest BCUT2D eigenvalue weighted by molar-refractivity contribution is 7.85. The van der Waals surface area contributed by atoms with Gasteiger partial charge >= 0.3 is 24.1 Å². The largest absolute Gasteiger partial charge is 0.466 e. The average Bonchev–Trinajstić information content (AvgIpc) is 3.67. The minimum absolute atomic E-state index is 0.0493. The Morgan fingerprint density at radius 2 is 1.16 bits per heavy atom. The first kappa shape index (κ1) is 47.9. The summed E-state index contributed by atoms with van der Waals surface area (Å²) in [5, 5.41) is 0. The monoisotopic (exact) mass is 844 g/mol. The summed E-state index contributed by atoms with van der Waals surface area (Å²) in [7, 11) is -3.51. The molecule has 0 N–H and O–H groups in total. The average molecular weight is 844 g/mol. The van der Waals surface area contributed by atoms with Gasteiger partial charge in [0.15, 0.2) is 0 Å². The number of rotatable bonds is 14. The van der Waals surface area contributed by atoms with Gasteiger partial charge in [0.2, 0.25) is 0 Å². The van der Waals surface area contributed by atoms with Gasteiger partial charge in [-0.1, -0.05) is 0 Å². The molecule has 0 aromatic heterocycles. The molecule has 0 spiro atoms. The fourth-order valence-corrected chi connectivity index (χ4v) is 9.10. The van der Waals surface area contributed by atoms with Crippen molar-refractivity contribution in [3.63, 3.8) is 0 Å². The molecule has 0 aromatic carbocycles. The lowest BCUT2D eigenvalue weighted by Gasteiger charge is -2.41. The Labute approximate surface area is 347 Å². The summed E-state index contributed by atoms with van der Waals surface area (Å²) >= 11 is 0. The lowest BCUT2D eigenvalue weighted by molar-refractivity contribution is -0.165. The molecule has 0 bridgehead atoms. The van der Waals surface area contributed by atoms with Crippen LogP contribution in [0.15, 0.2) is 0 Å². The molecule has 17 heteroatoms. The van der Waals surface area contributed by atoms with E-state index in [4.69, 9.17) is 23.1 Å². The van der Waals surface area contributed by atoms with Crippen LogP contribution in [-0.4, -0.2) is 178 Å². The van der Waals surface area contributed by atoms with Crippen LogP contribution in [0.4, 0.5) is 9.59 Å². The Bertz CT molecular complexity index is 1480. The highest BCUT2D eigenvalue weighted by Gasteiger charge is 2.46. The number of carbonyl (C=O) groups excluding carboxylic acids is 4. The molecule has 5 fully saturated rings. The summed E-state index contributed by atoms with van der Waals surface area (Å²) in [6, 6.07) is 0. The van der Waals surface area contributed by atoms with E-state index in [9.17, 15) is 27.6 Å². The van der Waals surface area contributed by atoms with E-state index in [0.29, 0.717) is 70.6 Å². The predicted octanol–water partition coefficient (Wildman–Crippen LogP) is 4.21. The molecule has 5 saturated heterocycles. The van der Waals surface area contributed by atoms with Gasteiger partial charge in [-0.3, -0.25) is 28.5 Å². The standard InChI is InChI=1S/C26H45N3O6.C15H28N2O5S/c1-6-33-22(30)16-26(23(31)34-7-2)10-14-27(15-11-26)18-21-19-28(24(32)35-21)17-20-8-12-29(13-9-20)25(3,4)5;1-15(2,3)17-7-5-12(6-8-17)9-16-10-13(22-14(16)18)11-21-23(4,19)20/h20-21H,6-19H2,1-5H3;12-13H,5-11H2,1-4H3. The fourth-order valence-electron chi connectivity index (χ4n) is 8.70. The molecule has 0 saturated carbocycles. The van der Waals surface area contributed by atoms with Crippen molar-refractivity contribution >= 4 is 34.2 Å². The van der Waals surface area contributed by atoms with Gasteiger partial charge in [-0.15, -0.1) is 0 Å². The van der Waals surface area contributed by atoms with Crippen LogP contribution in [0.3, 0.4) is 0 Å². The van der Waals surface area contributed by atoms with Gasteiger partial charge in [0.25, 0.3) is 10.1 Å². The summed E-state index contributed by atoms with van der Waals surface area (Å²) in [5.74, 6) is 0.310. The van der Waals surface area contributed by atoms with Gasteiger partial charge in [-0.25, -0.2) is 9.59 Å². The van der Waals surface area contributed by atoms with E-state index in [2.05, 4.69) is 56.2 Å². The van der Waals surface area contributed by atoms with Crippen molar-refractivity contribution in [2.24, 2.45) is 17.3 Å². The fraction of sp³-hybridized carbons (Fsp3) is 0.902. The second-order valence-electron chi connectivity index (χ2n) is 18.8. The summed E-state index contributed by atoms with van der Waals surface area (Å²) in [4.78, 5) is 60.1. The van der Waals surface area contributed by atoms with E-state index in [1.807, 2.05) is 4.90 Å². The summed E-state index contributed by atoms with van der Waals surface area (Å²) < 4.78 is 48.0. The SMILES string of the molecule is CC(C)(C)N1CCC(CN2CC(COS(C)(=O)=O)OC2=O)CC1.CCOC(=O)CC1(C(=O)OCC)CCN(CC2CN(CC3CCN(C(C)(C)C)CC3)C(=O)O2)CC1. The normalized spacial score (nSPS) is 24.6. The van der Waals surface area contributed by atoms with Crippen LogP contribution in [0.5, 0.6) is 0 Å². The molecule has 0 radical (unpaired) electrons. The lowest BCUT2D eigenvalue weighted by atomic mass is 9.75. The third-order valence-corrected chi connectivity index (χ3v) is 12.8. The molecule has 2 amide bonds. The second kappa shape index (κ2) is 20.7. The molecule has 5 aliphatic rings. The van der Waals surface area contributed by atoms with Crippen LogP contribution in [0.1, 0.15) is 100 Å². The van der Waals surface area contributed by atoms with Gasteiger partial charge < -0.3 is 28.7 Å². The van der Waals surface area contributed by atoms with Crippen molar-refractivity contribution in [2.45, 2.75) is 124 Å². The van der Waals surface area contributed by atoms with Gasteiger partial charge in [-0.05, 0) is 145 Å². The molecule has 0 aliphatic carbocycles. The molecule has 5 aliphatic heterocycles. The van der Waals surface area contributed by atoms with Crippen LogP contribution in [-0.2, 0) is 42.8 Å². The first-order valence-electron chi connectivity index (χ1n) is 21.4. The molecule has 2 unspecified atom stereocenters. The van der Waals surface area contributed by atoms with E-state index in [-0.39, 0.29) is 60.9 Å². The molecule has 2 atom stereocenters. The minimum Gasteiger partial charge on any atom is -0.466 e. The number of cyclic esters (lactones) is 2. The predicted molar refractivity (Wildman–Crippen MR) is 219 cm³/mol. The zero-order valence-electron chi connectivity index (χ0n) is 36.8. The summed E-state index contributed by atoms with van der Waals surface area (Å²) in [6.07, 6.45) is 5.17. The van der Waals surface area contributed by atoms with E-state index in [1.165, 1.54) is 0 Å². The maximum Gasteiger partial charge on any atom is 0.410 e. The number of likely N-dealkylation sites (tertiary alicyclic amines) is 3. The number of nitrogens with zero attached hydrogens (tertiary/aromatic N) is 5. The third kappa shape index (κ3) is 14.5. The van der Waals surface area contributed by atoms with Gasteiger partial charge in [0.1, 0.15) is 18.8 Å². The van der Waals surface area contributed by atoms with Gasteiger partial charge in [0.05, 0.1) is 44.4 Å². The first-order valence-corrected chi connectivity index (χ1v) is 23.2. The Hall–Kier alpha value is -2.73. The van der Waals surface area contributed by atoms with Crippen LogP contribution in [0, 0.1) is 17.3 Å². The molecule has 334 valence electrons. The van der Waals surface area contributed by atoms with Gasteiger partial charge in [0, 0.05) is 30.7 Å². The molecular formula is C41H73N5O11S. The highest BCUT2D eigenvalue weighted by Crippen LogP contribution is 2.37. The Balaban J connectivity index is 0.000000280. The number of carbonyl (C=O) groups is 4. The number of hydrogen-bond acceptors (Lipinski definition) is 14. The number of hydrogen-bond donors (Lipinski definition) is 0. The Morgan fingerprint density at radius 3 is 1.59 bits per heavy atom. The smallest absolute Gasteiger partial charge is 0.410 e. The summed E-state index contributed by atoms with van der Waals surface area (Å²) in [5.41, 5.74) is -0.455. The lowest BCUT2D eigenvalue weighted by Crippen LogP contribution is -2.48. The molecule has 16 nitrogen and oxygen atoms in total. The van der Waals surface area contributed by atoms with Crippen molar-refractivity contribution in [3.8, 4) is 0 Å². The number of esters is 2. The number of amides is 2. The van der Waals surface area contributed by atoms with Crippen molar-refractivity contribution in [2.75, 3.05) is 98.1 Å². The van der Waals surface area contributed by atoms with Crippen LogP contribution < -0.4 is 0 Å². The van der Waals surface area contributed by atoms with E-state index >= 15 is 0 Å². The van der Waals surface area contributed by atoms with Crippen molar-refractivity contribution < 1.29 is 50.7 Å². The van der Waals surface area contributed by atoms with Crippen molar-refractivity contribution in [1.82, 2.24) is 24.5 Å².